The molecule has 1 N–H and O–H groups in total. The smallest absolute Gasteiger partial charge is 0.251 e. The van der Waals surface area contributed by atoms with Crippen molar-refractivity contribution in [2.75, 3.05) is 40.8 Å². The highest BCUT2D eigenvalue weighted by atomic mass is 16.5. The van der Waals surface area contributed by atoms with Gasteiger partial charge in [-0.15, -0.1) is 0 Å². The molecular weight excluding hydrogens is 324 g/mol. The van der Waals surface area contributed by atoms with Crippen LogP contribution < -0.4 is 10.1 Å². The molecule has 140 valence electrons. The average molecular weight is 356 g/mol. The third kappa shape index (κ3) is 7.70. The van der Waals surface area contributed by atoms with E-state index >= 15 is 0 Å². The first-order valence-electron chi connectivity index (χ1n) is 9.29. The van der Waals surface area contributed by atoms with Gasteiger partial charge in [-0.2, -0.15) is 0 Å². The molecule has 2 rings (SSSR count). The Morgan fingerprint density at radius 3 is 2.31 bits per heavy atom. The normalized spacial score (nSPS) is 11.2. The zero-order valence-corrected chi connectivity index (χ0v) is 16.2. The summed E-state index contributed by atoms with van der Waals surface area (Å²) in [5.74, 6) is 0.778. The van der Waals surface area contributed by atoms with E-state index in [1.807, 2.05) is 30.3 Å². The Kier molecular flexibility index (Phi) is 7.67. The van der Waals surface area contributed by atoms with E-state index in [0.717, 1.165) is 36.0 Å². The third-order valence-electron chi connectivity index (χ3n) is 4.16. The van der Waals surface area contributed by atoms with Crippen LogP contribution in [0.3, 0.4) is 0 Å². The number of nitrogens with zero attached hydrogens (tertiary/aromatic N) is 1. The number of hydrogen-bond acceptors (Lipinski definition) is 2. The Morgan fingerprint density at radius 1 is 0.962 bits per heavy atom. The summed E-state index contributed by atoms with van der Waals surface area (Å²) < 4.78 is 6.60. The van der Waals surface area contributed by atoms with Crippen LogP contribution in [0.4, 0.5) is 0 Å². The van der Waals surface area contributed by atoms with Crippen LogP contribution >= 0.6 is 0 Å². The van der Waals surface area contributed by atoms with Gasteiger partial charge in [0.2, 0.25) is 0 Å². The summed E-state index contributed by atoms with van der Waals surface area (Å²) >= 11 is 0. The van der Waals surface area contributed by atoms with Crippen molar-refractivity contribution in [3.05, 3.63) is 65.7 Å². The summed E-state index contributed by atoms with van der Waals surface area (Å²) in [6.45, 7) is 2.26. The largest absolute Gasteiger partial charge is 0.494 e. The topological polar surface area (TPSA) is 38.3 Å². The number of rotatable bonds is 10. The molecule has 0 radical (unpaired) electrons. The van der Waals surface area contributed by atoms with Gasteiger partial charge in [-0.1, -0.05) is 30.3 Å². The molecule has 1 amide bonds. The van der Waals surface area contributed by atoms with Gasteiger partial charge in [0.05, 0.1) is 40.8 Å². The third-order valence-corrected chi connectivity index (χ3v) is 4.16. The van der Waals surface area contributed by atoms with Gasteiger partial charge in [0.15, 0.2) is 0 Å². The van der Waals surface area contributed by atoms with Gasteiger partial charge >= 0.3 is 0 Å². The molecule has 0 fully saturated rings. The minimum absolute atomic E-state index is 0.0344. The van der Waals surface area contributed by atoms with Crippen LogP contribution in [0.1, 0.15) is 28.8 Å². The van der Waals surface area contributed by atoms with Crippen LogP contribution in [-0.2, 0) is 6.42 Å². The summed E-state index contributed by atoms with van der Waals surface area (Å²) in [5, 5.41) is 2.96. The fraction of sp³-hybridized carbons (Fsp3) is 0.409. The Balaban J connectivity index is 1.66. The van der Waals surface area contributed by atoms with Crippen LogP contribution in [0.2, 0.25) is 0 Å². The molecule has 4 heteroatoms. The van der Waals surface area contributed by atoms with Crippen molar-refractivity contribution in [3.63, 3.8) is 0 Å². The second kappa shape index (κ2) is 9.97. The van der Waals surface area contributed by atoms with E-state index in [1.165, 1.54) is 5.56 Å². The Morgan fingerprint density at radius 2 is 1.65 bits per heavy atom. The molecule has 0 aliphatic carbocycles. The van der Waals surface area contributed by atoms with Crippen LogP contribution in [0.25, 0.3) is 0 Å². The Bertz CT molecular complexity index is 661. The lowest BCUT2D eigenvalue weighted by atomic mass is 10.1. The van der Waals surface area contributed by atoms with E-state index in [1.54, 1.807) is 0 Å². The number of unbranched alkanes of at least 4 members (excludes halogenated alkanes) is 1. The Labute approximate surface area is 157 Å². The molecule has 0 heterocycles. The van der Waals surface area contributed by atoms with E-state index in [4.69, 9.17) is 4.74 Å². The first kappa shape index (κ1) is 20.0. The van der Waals surface area contributed by atoms with Crippen molar-refractivity contribution in [2.24, 2.45) is 0 Å². The molecule has 0 aromatic heterocycles. The van der Waals surface area contributed by atoms with Gasteiger partial charge in [-0.25, -0.2) is 0 Å². The molecule has 2 aromatic rings. The van der Waals surface area contributed by atoms with Gasteiger partial charge in [-0.3, -0.25) is 4.79 Å². The quantitative estimate of drug-likeness (QED) is 0.523. The standard InChI is InChI=1S/C22H30N2O2/c1-24(2,3)17-16-23-22(25)20-12-14-21(15-13-20)26-18-8-7-11-19-9-5-4-6-10-19/h4-6,9-10,12-15H,7-8,11,16-18H2,1-3H3/p+1. The van der Waals surface area contributed by atoms with E-state index in [2.05, 4.69) is 50.7 Å². The summed E-state index contributed by atoms with van der Waals surface area (Å²) in [6.07, 6.45) is 3.20. The van der Waals surface area contributed by atoms with E-state index in [9.17, 15) is 4.79 Å². The number of amides is 1. The molecule has 0 saturated carbocycles. The van der Waals surface area contributed by atoms with E-state index in [0.29, 0.717) is 18.7 Å². The van der Waals surface area contributed by atoms with Crippen molar-refractivity contribution >= 4 is 5.91 Å². The van der Waals surface area contributed by atoms with Crippen LogP contribution in [0.5, 0.6) is 5.75 Å². The number of likely N-dealkylation sites (N-methyl/N-ethyl adjacent to an activating group) is 1. The predicted molar refractivity (Wildman–Crippen MR) is 107 cm³/mol. The summed E-state index contributed by atoms with van der Waals surface area (Å²) in [5.41, 5.74) is 2.04. The molecule has 0 aliphatic rings. The molecule has 2 aromatic carbocycles. The lowest BCUT2D eigenvalue weighted by molar-refractivity contribution is -0.869. The van der Waals surface area contributed by atoms with Crippen molar-refractivity contribution in [2.45, 2.75) is 19.3 Å². The fourth-order valence-electron chi connectivity index (χ4n) is 2.58. The molecule has 26 heavy (non-hydrogen) atoms. The van der Waals surface area contributed by atoms with Crippen LogP contribution in [0.15, 0.2) is 54.6 Å². The summed E-state index contributed by atoms with van der Waals surface area (Å²) in [6, 6.07) is 17.9. The van der Waals surface area contributed by atoms with Crippen LogP contribution in [0, 0.1) is 0 Å². The second-order valence-corrected chi connectivity index (χ2v) is 7.59. The summed E-state index contributed by atoms with van der Waals surface area (Å²) in [4.78, 5) is 12.1. The highest BCUT2D eigenvalue weighted by Gasteiger charge is 2.09. The zero-order chi connectivity index (χ0) is 18.8. The van der Waals surface area contributed by atoms with E-state index in [-0.39, 0.29) is 5.91 Å². The van der Waals surface area contributed by atoms with Crippen molar-refractivity contribution in [3.8, 4) is 5.75 Å². The Hall–Kier alpha value is -2.33. The maximum absolute atomic E-state index is 12.1. The van der Waals surface area contributed by atoms with Gasteiger partial charge in [-0.05, 0) is 49.1 Å². The first-order valence-corrected chi connectivity index (χ1v) is 9.29. The number of quaternary nitrogens is 1. The predicted octanol–water partition coefficient (Wildman–Crippen LogP) is 3.52. The second-order valence-electron chi connectivity index (χ2n) is 7.59. The number of nitrogens with one attached hydrogen (secondary N) is 1. The number of carbonyl (C=O) groups excluding carboxylic acids is 1. The molecular formula is C22H31N2O2+. The number of benzene rings is 2. The van der Waals surface area contributed by atoms with Gasteiger partial charge in [0.1, 0.15) is 5.75 Å². The highest BCUT2D eigenvalue weighted by Crippen LogP contribution is 2.13. The number of ether oxygens (including phenoxy) is 1. The summed E-state index contributed by atoms with van der Waals surface area (Å²) in [7, 11) is 6.33. The molecule has 0 saturated heterocycles. The number of aryl methyl sites for hydroxylation is 1. The van der Waals surface area contributed by atoms with Crippen molar-refractivity contribution in [1.29, 1.82) is 0 Å². The molecule has 0 aliphatic heterocycles. The molecule has 0 atom stereocenters. The number of hydrogen-bond donors (Lipinski definition) is 1. The molecule has 0 bridgehead atoms. The molecule has 0 spiro atoms. The SMILES string of the molecule is C[N+](C)(C)CCNC(=O)c1ccc(OCCCCc2ccccc2)cc1. The minimum Gasteiger partial charge on any atom is -0.494 e. The molecule has 4 nitrogen and oxygen atoms in total. The fourth-order valence-corrected chi connectivity index (χ4v) is 2.58. The van der Waals surface area contributed by atoms with E-state index < -0.39 is 0 Å². The lowest BCUT2D eigenvalue weighted by Crippen LogP contribution is -2.41. The maximum atomic E-state index is 12.1. The lowest BCUT2D eigenvalue weighted by Gasteiger charge is -2.23. The number of carbonyl (C=O) groups is 1. The van der Waals surface area contributed by atoms with Crippen LogP contribution in [-0.4, -0.2) is 51.2 Å². The van der Waals surface area contributed by atoms with Gasteiger partial charge in [0.25, 0.3) is 5.91 Å². The zero-order valence-electron chi connectivity index (χ0n) is 16.2. The van der Waals surface area contributed by atoms with Crippen molar-refractivity contribution in [1.82, 2.24) is 5.32 Å². The van der Waals surface area contributed by atoms with Gasteiger partial charge < -0.3 is 14.5 Å². The monoisotopic (exact) mass is 355 g/mol. The van der Waals surface area contributed by atoms with Gasteiger partial charge in [0, 0.05) is 5.56 Å². The first-order chi connectivity index (χ1) is 12.4. The highest BCUT2D eigenvalue weighted by molar-refractivity contribution is 5.94. The maximum Gasteiger partial charge on any atom is 0.251 e. The molecule has 0 unspecified atom stereocenters. The minimum atomic E-state index is -0.0344. The van der Waals surface area contributed by atoms with Crippen molar-refractivity contribution < 1.29 is 14.0 Å². The average Bonchev–Trinajstić information content (AvgIpc) is 2.62.